The Labute approximate surface area is 70.7 Å². The molecule has 60 valence electrons. The molecule has 11 heavy (non-hydrogen) atoms. The van der Waals surface area contributed by atoms with Crippen molar-refractivity contribution in [2.75, 3.05) is 0 Å². The third kappa shape index (κ3) is 3.22. The van der Waals surface area contributed by atoms with Crippen LogP contribution in [-0.2, 0) is 6.42 Å². The Kier molecular flexibility index (Phi) is 2.62. The van der Waals surface area contributed by atoms with Gasteiger partial charge < -0.3 is 0 Å². The highest BCUT2D eigenvalue weighted by atomic mass is 14.0. The lowest BCUT2D eigenvalue weighted by Gasteiger charge is -2.03. The van der Waals surface area contributed by atoms with E-state index in [0.29, 0.717) is 0 Å². The zero-order chi connectivity index (χ0) is 9.03. The van der Waals surface area contributed by atoms with Crippen molar-refractivity contribution in [1.29, 1.82) is 0 Å². The second-order valence-corrected chi connectivity index (χ2v) is 3.19. The van der Waals surface area contributed by atoms with Gasteiger partial charge in [-0.1, -0.05) is 44.2 Å². The molecule has 0 aliphatic carbocycles. The van der Waals surface area contributed by atoms with E-state index in [9.17, 15) is 0 Å². The molecule has 0 bridgehead atoms. The maximum Gasteiger partial charge on any atom is 0.0297 e. The summed E-state index contributed by atoms with van der Waals surface area (Å²) in [4.78, 5) is 0. The van der Waals surface area contributed by atoms with Crippen LogP contribution in [0.2, 0.25) is 0 Å². The number of rotatable bonds is 3. The summed E-state index contributed by atoms with van der Waals surface area (Å²) >= 11 is 0. The number of hydrogen-bond donors (Lipinski definition) is 0. The Bertz CT molecular complexity index is 221. The van der Waals surface area contributed by atoms with Crippen LogP contribution in [0.25, 0.3) is 0 Å². The van der Waals surface area contributed by atoms with Gasteiger partial charge in [-0.2, -0.15) is 0 Å². The minimum atomic E-state index is -0.296. The molecule has 0 saturated heterocycles. The molecule has 0 aliphatic heterocycles. The van der Waals surface area contributed by atoms with Gasteiger partial charge in [0, 0.05) is 1.37 Å². The molecule has 0 heteroatoms. The van der Waals surface area contributed by atoms with Gasteiger partial charge in [0.05, 0.1) is 0 Å². The highest BCUT2D eigenvalue weighted by Crippen LogP contribution is 2.07. The largest absolute Gasteiger partial charge is 0.0628 e. The Morgan fingerprint density at radius 3 is 2.45 bits per heavy atom. The lowest BCUT2D eigenvalue weighted by Crippen LogP contribution is -1.91. The molecule has 0 amide bonds. The number of hydrogen-bond acceptors (Lipinski definition) is 0. The minimum Gasteiger partial charge on any atom is -0.0628 e. The summed E-state index contributed by atoms with van der Waals surface area (Å²) in [5.41, 5.74) is 1.33. The Morgan fingerprint density at radius 2 is 1.91 bits per heavy atom. The molecule has 0 unspecified atom stereocenters. The van der Waals surface area contributed by atoms with Crippen LogP contribution >= 0.6 is 0 Å². The van der Waals surface area contributed by atoms with Crippen molar-refractivity contribution in [2.24, 2.45) is 5.89 Å². The number of benzene rings is 1. The maximum atomic E-state index is 7.68. The van der Waals surface area contributed by atoms with Crippen molar-refractivity contribution in [2.45, 2.75) is 26.7 Å². The van der Waals surface area contributed by atoms with Crippen molar-refractivity contribution in [1.82, 2.24) is 0 Å². The predicted molar refractivity (Wildman–Crippen MR) is 49.6 cm³/mol. The first-order chi connectivity index (χ1) is 5.58. The average molecular weight is 149 g/mol. The van der Waals surface area contributed by atoms with E-state index in [-0.39, 0.29) is 5.89 Å². The molecule has 0 saturated carbocycles. The van der Waals surface area contributed by atoms with Gasteiger partial charge in [-0.3, -0.25) is 0 Å². The predicted octanol–water partition coefficient (Wildman–Crippen LogP) is 3.28. The van der Waals surface area contributed by atoms with E-state index in [4.69, 9.17) is 1.37 Å². The molecule has 0 fully saturated rings. The van der Waals surface area contributed by atoms with Gasteiger partial charge in [0.2, 0.25) is 0 Å². The van der Waals surface area contributed by atoms with Gasteiger partial charge in [0.15, 0.2) is 0 Å². The summed E-state index contributed by atoms with van der Waals surface area (Å²) in [6.07, 6.45) is 1.94. The Hall–Kier alpha value is -0.780. The zero-order valence-corrected chi connectivity index (χ0v) is 7.30. The van der Waals surface area contributed by atoms with Crippen molar-refractivity contribution in [3.05, 3.63) is 35.9 Å². The third-order valence-electron chi connectivity index (χ3n) is 1.76. The summed E-state index contributed by atoms with van der Waals surface area (Å²) in [7, 11) is 0. The lowest BCUT2D eigenvalue weighted by molar-refractivity contribution is 0.587. The summed E-state index contributed by atoms with van der Waals surface area (Å²) in [5.74, 6) is -0.296. The van der Waals surface area contributed by atoms with Gasteiger partial charge in [-0.25, -0.2) is 0 Å². The van der Waals surface area contributed by atoms with Crippen LogP contribution in [0.4, 0.5) is 0 Å². The molecule has 0 spiro atoms. The van der Waals surface area contributed by atoms with Gasteiger partial charge in [0.1, 0.15) is 0 Å². The fourth-order valence-electron chi connectivity index (χ4n) is 1.04. The molecule has 0 aliphatic rings. The van der Waals surface area contributed by atoms with E-state index in [1.165, 1.54) is 5.56 Å². The maximum absolute atomic E-state index is 7.68. The molecule has 1 rings (SSSR count). The average Bonchev–Trinajstić information content (AvgIpc) is 2.02. The molecule has 0 nitrogen and oxygen atoms in total. The number of aryl methyl sites for hydroxylation is 1. The zero-order valence-electron chi connectivity index (χ0n) is 8.30. The van der Waals surface area contributed by atoms with Crippen molar-refractivity contribution < 1.29 is 1.37 Å². The Balaban J connectivity index is 2.44. The molecule has 0 atom stereocenters. The summed E-state index contributed by atoms with van der Waals surface area (Å²) in [6.45, 7) is 3.91. The first-order valence-corrected chi connectivity index (χ1v) is 4.12. The first kappa shape index (κ1) is 6.90. The van der Waals surface area contributed by atoms with E-state index in [1.807, 2.05) is 32.0 Å². The SMILES string of the molecule is [2H]C(C)(C)CCc1ccccc1. The standard InChI is InChI=1S/C11H16/c1-10(2)8-9-11-6-4-3-5-7-11/h3-7,10H,8-9H2,1-2H3/i10D. The molecular formula is C11H16. The van der Waals surface area contributed by atoms with E-state index in [0.717, 1.165) is 12.8 Å². The molecule has 1 aromatic carbocycles. The van der Waals surface area contributed by atoms with E-state index < -0.39 is 0 Å². The molecule has 0 heterocycles. The van der Waals surface area contributed by atoms with Crippen LogP contribution in [0, 0.1) is 5.89 Å². The van der Waals surface area contributed by atoms with Crippen LogP contribution in [0.1, 0.15) is 27.2 Å². The van der Waals surface area contributed by atoms with E-state index >= 15 is 0 Å². The van der Waals surface area contributed by atoms with Crippen LogP contribution in [0.15, 0.2) is 30.3 Å². The van der Waals surface area contributed by atoms with Crippen LogP contribution < -0.4 is 0 Å². The van der Waals surface area contributed by atoms with Gasteiger partial charge in [0.25, 0.3) is 0 Å². The van der Waals surface area contributed by atoms with Gasteiger partial charge in [-0.15, -0.1) is 0 Å². The van der Waals surface area contributed by atoms with Crippen molar-refractivity contribution >= 4 is 0 Å². The van der Waals surface area contributed by atoms with Gasteiger partial charge >= 0.3 is 0 Å². The van der Waals surface area contributed by atoms with Crippen LogP contribution in [0.5, 0.6) is 0 Å². The highest BCUT2D eigenvalue weighted by Gasteiger charge is 1.94. The smallest absolute Gasteiger partial charge is 0.0297 e. The fraction of sp³-hybridized carbons (Fsp3) is 0.455. The van der Waals surface area contributed by atoms with Crippen LogP contribution in [-0.4, -0.2) is 0 Å². The summed E-state index contributed by atoms with van der Waals surface area (Å²) < 4.78 is 7.68. The normalized spacial score (nSPS) is 12.7. The lowest BCUT2D eigenvalue weighted by atomic mass is 10.0. The fourth-order valence-corrected chi connectivity index (χ4v) is 1.04. The minimum absolute atomic E-state index is 0.296. The first-order valence-electron chi connectivity index (χ1n) is 4.62. The topological polar surface area (TPSA) is 0 Å². The van der Waals surface area contributed by atoms with Crippen molar-refractivity contribution in [3.63, 3.8) is 0 Å². The molecular weight excluding hydrogens is 132 g/mol. The molecule has 0 aromatic heterocycles. The summed E-state index contributed by atoms with van der Waals surface area (Å²) in [6, 6.07) is 10.4. The van der Waals surface area contributed by atoms with E-state index in [2.05, 4.69) is 12.1 Å². The highest BCUT2D eigenvalue weighted by molar-refractivity contribution is 5.14. The Morgan fingerprint density at radius 1 is 1.27 bits per heavy atom. The summed E-state index contributed by atoms with van der Waals surface area (Å²) in [5, 5.41) is 0. The van der Waals surface area contributed by atoms with E-state index in [1.54, 1.807) is 0 Å². The third-order valence-corrected chi connectivity index (χ3v) is 1.76. The second kappa shape index (κ2) is 4.17. The quantitative estimate of drug-likeness (QED) is 0.618. The second-order valence-electron chi connectivity index (χ2n) is 3.19. The molecule has 0 radical (unpaired) electrons. The molecule has 1 aromatic rings. The monoisotopic (exact) mass is 149 g/mol. The van der Waals surface area contributed by atoms with Crippen LogP contribution in [0.3, 0.4) is 0 Å². The van der Waals surface area contributed by atoms with Crippen molar-refractivity contribution in [3.8, 4) is 0 Å². The van der Waals surface area contributed by atoms with Gasteiger partial charge in [-0.05, 0) is 24.3 Å². The molecule has 0 N–H and O–H groups in total.